The first-order valence-corrected chi connectivity index (χ1v) is 14.0. The van der Waals surface area contributed by atoms with Gasteiger partial charge >= 0.3 is 11.9 Å². The molecule has 0 aliphatic carbocycles. The van der Waals surface area contributed by atoms with Gasteiger partial charge in [-0.3, -0.25) is 9.69 Å². The maximum atomic E-state index is 13.7. The van der Waals surface area contributed by atoms with Gasteiger partial charge in [0.05, 0.1) is 48.8 Å². The number of fused-ring (bicyclic) bond motifs is 1. The van der Waals surface area contributed by atoms with E-state index in [1.807, 2.05) is 44.2 Å². The van der Waals surface area contributed by atoms with Crippen LogP contribution in [-0.4, -0.2) is 56.7 Å². The lowest BCUT2D eigenvalue weighted by atomic mass is 9.83. The van der Waals surface area contributed by atoms with Crippen LogP contribution in [0.15, 0.2) is 62.6 Å². The predicted molar refractivity (Wildman–Crippen MR) is 162 cm³/mol. The van der Waals surface area contributed by atoms with Gasteiger partial charge in [-0.2, -0.15) is 0 Å². The molecule has 0 saturated carbocycles. The van der Waals surface area contributed by atoms with E-state index in [9.17, 15) is 14.4 Å². The van der Waals surface area contributed by atoms with Crippen molar-refractivity contribution in [1.82, 2.24) is 0 Å². The second-order valence-electron chi connectivity index (χ2n) is 9.03. The van der Waals surface area contributed by atoms with Gasteiger partial charge in [-0.15, -0.1) is 0 Å². The van der Waals surface area contributed by atoms with Crippen LogP contribution in [0.3, 0.4) is 0 Å². The quantitative estimate of drug-likeness (QED) is 0.237. The fourth-order valence-corrected chi connectivity index (χ4v) is 7.39. The summed E-state index contributed by atoms with van der Waals surface area (Å²) in [5.41, 5.74) is 1.88. The number of carbonyl (C=O) groups excluding carboxylic acids is 3. The lowest BCUT2D eigenvalue weighted by Gasteiger charge is -2.44. The number of hydrogen-bond donors (Lipinski definition) is 0. The molecule has 2 aromatic rings. The Balaban J connectivity index is 1.77. The number of benzene rings is 2. The summed E-state index contributed by atoms with van der Waals surface area (Å²) >= 11 is 8.22. The summed E-state index contributed by atoms with van der Waals surface area (Å²) in [6.07, 6.45) is 3.20. The zero-order valence-corrected chi connectivity index (χ0v) is 25.2. The third kappa shape index (κ3) is 5.28. The molecule has 0 bridgehead atoms. The maximum Gasteiger partial charge on any atom is 0.346 e. The molecular weight excluding hydrogens is 571 g/mol. The van der Waals surface area contributed by atoms with Crippen LogP contribution in [0.2, 0.25) is 0 Å². The number of rotatable bonds is 6. The van der Waals surface area contributed by atoms with Crippen LogP contribution >= 0.6 is 35.7 Å². The Morgan fingerprint density at radius 3 is 2.05 bits per heavy atom. The highest BCUT2D eigenvalue weighted by atomic mass is 32.2. The molecule has 0 aromatic heterocycles. The van der Waals surface area contributed by atoms with E-state index >= 15 is 0 Å². The van der Waals surface area contributed by atoms with E-state index in [2.05, 4.69) is 0 Å². The Morgan fingerprint density at radius 1 is 0.875 bits per heavy atom. The van der Waals surface area contributed by atoms with E-state index in [0.29, 0.717) is 37.4 Å². The highest BCUT2D eigenvalue weighted by Crippen LogP contribution is 2.56. The van der Waals surface area contributed by atoms with Gasteiger partial charge in [0.1, 0.15) is 9.81 Å². The Hall–Kier alpha value is -3.54. The van der Waals surface area contributed by atoms with E-state index in [1.54, 1.807) is 37.3 Å². The minimum Gasteiger partial charge on any atom is -0.493 e. The highest BCUT2D eigenvalue weighted by Gasteiger charge is 2.45. The zero-order valence-electron chi connectivity index (χ0n) is 22.7. The van der Waals surface area contributed by atoms with Gasteiger partial charge in [0.25, 0.3) is 5.91 Å². The van der Waals surface area contributed by atoms with Crippen LogP contribution in [0.5, 0.6) is 11.5 Å². The molecule has 1 amide bonds. The smallest absolute Gasteiger partial charge is 0.346 e. The highest BCUT2D eigenvalue weighted by molar-refractivity contribution is 8.29. The van der Waals surface area contributed by atoms with E-state index in [-0.39, 0.29) is 15.7 Å². The summed E-state index contributed by atoms with van der Waals surface area (Å²) in [7, 11) is 5.62. The molecule has 0 fully saturated rings. The number of para-hydroxylation sites is 1. The van der Waals surface area contributed by atoms with Crippen molar-refractivity contribution in [2.45, 2.75) is 19.4 Å². The lowest BCUT2D eigenvalue weighted by molar-refractivity contribution is -0.138. The fourth-order valence-electron chi connectivity index (χ4n) is 4.36. The molecule has 0 spiro atoms. The Kier molecular flexibility index (Phi) is 8.77. The standard InChI is InChI=1S/C29H27NO7S3/c1-29(2)25(38)22(28-39-23(26(32)36-5)24(40-28)27(33)37-6)17-9-7-8-10-18(17)30(29)21(31)14-12-16-11-13-19(34-3)20(15-16)35-4/h7-15H,1-6H3/b14-12-. The van der Waals surface area contributed by atoms with Gasteiger partial charge in [0, 0.05) is 17.2 Å². The van der Waals surface area contributed by atoms with Gasteiger partial charge < -0.3 is 18.9 Å². The van der Waals surface area contributed by atoms with Crippen molar-refractivity contribution in [2.24, 2.45) is 0 Å². The Bertz CT molecular complexity index is 1480. The largest absolute Gasteiger partial charge is 0.493 e. The molecule has 0 N–H and O–H groups in total. The SMILES string of the molecule is COC(=O)C1=C(C(=O)OC)SC(=C2C(=S)C(C)(C)N(C(=O)/C=C\c3ccc(OC)c(OC)c3)c3ccccc32)S1. The second-order valence-corrected chi connectivity index (χ2v) is 11.7. The van der Waals surface area contributed by atoms with Gasteiger partial charge in [-0.1, -0.05) is 60.0 Å². The van der Waals surface area contributed by atoms with Gasteiger partial charge in [-0.25, -0.2) is 9.59 Å². The molecule has 2 aliphatic rings. The van der Waals surface area contributed by atoms with Crippen molar-refractivity contribution >= 4 is 75.8 Å². The number of nitrogens with zero attached hydrogens (tertiary/aromatic N) is 1. The number of amides is 1. The molecule has 208 valence electrons. The summed E-state index contributed by atoms with van der Waals surface area (Å²) in [4.78, 5) is 41.1. The second kappa shape index (κ2) is 11.9. The number of thioether (sulfide) groups is 2. The number of thiocarbonyl (C=S) groups is 1. The summed E-state index contributed by atoms with van der Waals surface area (Å²) in [6.45, 7) is 3.74. The molecule has 0 radical (unpaired) electrons. The van der Waals surface area contributed by atoms with Crippen molar-refractivity contribution in [3.63, 3.8) is 0 Å². The van der Waals surface area contributed by atoms with Gasteiger partial charge in [0.15, 0.2) is 11.5 Å². The number of methoxy groups -OCH3 is 4. The van der Waals surface area contributed by atoms with Crippen LogP contribution in [-0.2, 0) is 23.9 Å². The first-order chi connectivity index (χ1) is 19.1. The van der Waals surface area contributed by atoms with Gasteiger partial charge in [-0.05, 0) is 43.7 Å². The minimum atomic E-state index is -0.925. The Morgan fingerprint density at radius 2 is 1.48 bits per heavy atom. The topological polar surface area (TPSA) is 91.4 Å². The maximum absolute atomic E-state index is 13.7. The van der Waals surface area contributed by atoms with Crippen molar-refractivity contribution in [3.05, 3.63) is 73.7 Å². The number of ether oxygens (including phenoxy) is 4. The monoisotopic (exact) mass is 597 g/mol. The molecule has 11 heteroatoms. The average molecular weight is 598 g/mol. The molecular formula is C29H27NO7S3. The number of hydrogen-bond acceptors (Lipinski definition) is 10. The van der Waals surface area contributed by atoms with Crippen molar-refractivity contribution in [1.29, 1.82) is 0 Å². The Labute approximate surface area is 246 Å². The molecule has 2 aliphatic heterocycles. The van der Waals surface area contributed by atoms with Crippen molar-refractivity contribution in [3.8, 4) is 11.5 Å². The summed E-state index contributed by atoms with van der Waals surface area (Å²) in [6, 6.07) is 12.8. The molecule has 4 rings (SSSR count). The molecule has 8 nitrogen and oxygen atoms in total. The number of anilines is 1. The average Bonchev–Trinajstić information content (AvgIpc) is 3.40. The minimum absolute atomic E-state index is 0.135. The van der Waals surface area contributed by atoms with Crippen LogP contribution in [0.4, 0.5) is 5.69 Å². The van der Waals surface area contributed by atoms with Crippen molar-refractivity contribution < 1.29 is 33.3 Å². The van der Waals surface area contributed by atoms with Crippen LogP contribution in [0.1, 0.15) is 25.0 Å². The van der Waals surface area contributed by atoms with Crippen molar-refractivity contribution in [2.75, 3.05) is 33.3 Å². The van der Waals surface area contributed by atoms with Gasteiger partial charge in [0.2, 0.25) is 0 Å². The van der Waals surface area contributed by atoms with Crippen LogP contribution in [0, 0.1) is 0 Å². The number of esters is 2. The molecule has 0 atom stereocenters. The lowest BCUT2D eigenvalue weighted by Crippen LogP contribution is -2.55. The molecule has 2 heterocycles. The first-order valence-electron chi connectivity index (χ1n) is 12.0. The first kappa shape index (κ1) is 29.4. The van der Waals surface area contributed by atoms with Crippen LogP contribution < -0.4 is 14.4 Å². The van der Waals surface area contributed by atoms with E-state index < -0.39 is 17.5 Å². The molecule has 40 heavy (non-hydrogen) atoms. The fraction of sp³-hybridized carbons (Fsp3) is 0.241. The van der Waals surface area contributed by atoms with Crippen LogP contribution in [0.25, 0.3) is 11.6 Å². The normalized spacial score (nSPS) is 16.2. The molecule has 0 saturated heterocycles. The van der Waals surface area contributed by atoms with E-state index in [1.165, 1.54) is 20.3 Å². The van der Waals surface area contributed by atoms with E-state index in [0.717, 1.165) is 29.1 Å². The number of carbonyl (C=O) groups is 3. The third-order valence-electron chi connectivity index (χ3n) is 6.34. The summed E-state index contributed by atoms with van der Waals surface area (Å²) in [5.74, 6) is -0.407. The predicted octanol–water partition coefficient (Wildman–Crippen LogP) is 5.62. The molecule has 0 unspecified atom stereocenters. The van der Waals surface area contributed by atoms with E-state index in [4.69, 9.17) is 31.2 Å². The molecule has 2 aromatic carbocycles. The zero-order chi connectivity index (χ0) is 29.2. The third-order valence-corrected chi connectivity index (χ3v) is 9.61. The summed E-state index contributed by atoms with van der Waals surface area (Å²) < 4.78 is 21.1. The summed E-state index contributed by atoms with van der Waals surface area (Å²) in [5, 5.41) is 0.